The largest absolute Gasteiger partial charge is 0.508 e. The molecule has 0 bridgehead atoms. The number of rotatable bonds is 0. The lowest BCUT2D eigenvalue weighted by Gasteiger charge is -1.94. The first-order valence-electron chi connectivity index (χ1n) is 3.31. The normalized spacial score (nSPS) is 14.4. The maximum Gasteiger partial charge on any atom is 0.213 e. The number of hydrogen-bond acceptors (Lipinski definition) is 3. The monoisotopic (exact) mass is 149 g/mol. The Hall–Kier alpha value is -1.51. The summed E-state index contributed by atoms with van der Waals surface area (Å²) >= 11 is 0. The third-order valence-corrected chi connectivity index (χ3v) is 1.71. The summed E-state index contributed by atoms with van der Waals surface area (Å²) in [7, 11) is 0. The van der Waals surface area contributed by atoms with E-state index in [0.29, 0.717) is 6.61 Å². The molecule has 0 aromatic heterocycles. The van der Waals surface area contributed by atoms with Crippen molar-refractivity contribution in [2.24, 2.45) is 0 Å². The van der Waals surface area contributed by atoms with Crippen LogP contribution in [0.25, 0.3) is 0 Å². The smallest absolute Gasteiger partial charge is 0.213 e. The Labute approximate surface area is 63.7 Å². The summed E-state index contributed by atoms with van der Waals surface area (Å²) < 4.78 is 4.95. The molecule has 1 aliphatic heterocycles. The van der Waals surface area contributed by atoms with Gasteiger partial charge in [0.15, 0.2) is 0 Å². The van der Waals surface area contributed by atoms with Crippen molar-refractivity contribution in [2.75, 3.05) is 0 Å². The molecule has 1 aromatic rings. The van der Waals surface area contributed by atoms with Gasteiger partial charge in [0.2, 0.25) is 5.90 Å². The number of phenolic OH excluding ortho intramolecular Hbond substituents is 1. The summed E-state index contributed by atoms with van der Waals surface area (Å²) in [6.45, 7) is 0.405. The minimum Gasteiger partial charge on any atom is -0.508 e. The molecule has 0 unspecified atom stereocenters. The van der Waals surface area contributed by atoms with Crippen LogP contribution in [0.2, 0.25) is 0 Å². The Kier molecular flexibility index (Phi) is 1.12. The van der Waals surface area contributed by atoms with Crippen LogP contribution < -0.4 is 0 Å². The number of hydrogen-bond donors (Lipinski definition) is 2. The zero-order valence-corrected chi connectivity index (χ0v) is 5.79. The molecule has 2 rings (SSSR count). The molecule has 1 aromatic carbocycles. The van der Waals surface area contributed by atoms with Crippen LogP contribution in [-0.2, 0) is 11.3 Å². The fourth-order valence-electron chi connectivity index (χ4n) is 1.15. The molecule has 11 heavy (non-hydrogen) atoms. The van der Waals surface area contributed by atoms with E-state index in [1.165, 1.54) is 0 Å². The number of phenols is 1. The van der Waals surface area contributed by atoms with Gasteiger partial charge in [-0.1, -0.05) is 0 Å². The highest BCUT2D eigenvalue weighted by molar-refractivity contribution is 5.95. The first-order valence-corrected chi connectivity index (χ1v) is 3.31. The highest BCUT2D eigenvalue weighted by atomic mass is 16.5. The van der Waals surface area contributed by atoms with E-state index in [-0.39, 0.29) is 11.6 Å². The predicted molar refractivity (Wildman–Crippen MR) is 39.7 cm³/mol. The third-order valence-electron chi connectivity index (χ3n) is 1.71. The zero-order valence-electron chi connectivity index (χ0n) is 5.79. The SMILES string of the molecule is N=C1OCc2cc(O)ccc21. The van der Waals surface area contributed by atoms with Crippen molar-refractivity contribution in [3.05, 3.63) is 29.3 Å². The lowest BCUT2D eigenvalue weighted by molar-refractivity contribution is 0.309. The second-order valence-electron chi connectivity index (χ2n) is 2.46. The molecular formula is C8H7NO2. The van der Waals surface area contributed by atoms with Gasteiger partial charge in [-0.3, -0.25) is 5.41 Å². The molecule has 0 saturated carbocycles. The van der Waals surface area contributed by atoms with Crippen LogP contribution in [-0.4, -0.2) is 11.0 Å². The Bertz CT molecular complexity index is 320. The van der Waals surface area contributed by atoms with Crippen molar-refractivity contribution < 1.29 is 9.84 Å². The Morgan fingerprint density at radius 1 is 1.45 bits per heavy atom. The number of ether oxygens (including phenoxy) is 1. The summed E-state index contributed by atoms with van der Waals surface area (Å²) in [5.74, 6) is 0.419. The van der Waals surface area contributed by atoms with Crippen molar-refractivity contribution in [2.45, 2.75) is 6.61 Å². The lowest BCUT2D eigenvalue weighted by Crippen LogP contribution is -1.92. The summed E-state index contributed by atoms with van der Waals surface area (Å²) in [5.41, 5.74) is 1.66. The Morgan fingerprint density at radius 3 is 3.09 bits per heavy atom. The topological polar surface area (TPSA) is 53.3 Å². The van der Waals surface area contributed by atoms with Crippen molar-refractivity contribution >= 4 is 5.90 Å². The zero-order chi connectivity index (χ0) is 7.84. The van der Waals surface area contributed by atoms with Gasteiger partial charge in [0.05, 0.1) is 0 Å². The molecule has 0 saturated heterocycles. The van der Waals surface area contributed by atoms with Gasteiger partial charge in [-0.15, -0.1) is 0 Å². The molecule has 3 nitrogen and oxygen atoms in total. The van der Waals surface area contributed by atoms with E-state index in [1.54, 1.807) is 18.2 Å². The molecule has 0 radical (unpaired) electrons. The fraction of sp³-hybridized carbons (Fsp3) is 0.125. The molecule has 2 N–H and O–H groups in total. The van der Waals surface area contributed by atoms with E-state index in [2.05, 4.69) is 0 Å². The maximum atomic E-state index is 9.06. The number of nitrogens with one attached hydrogen (secondary N) is 1. The standard InChI is InChI=1S/C8H7NO2/c9-8-7-2-1-6(10)3-5(7)4-11-8/h1-3,9-10H,4H2. The van der Waals surface area contributed by atoms with E-state index in [1.807, 2.05) is 0 Å². The summed E-state index contributed by atoms with van der Waals surface area (Å²) in [4.78, 5) is 0. The molecule has 0 fully saturated rings. The van der Waals surface area contributed by atoms with Crippen molar-refractivity contribution in [1.29, 1.82) is 5.41 Å². The number of benzene rings is 1. The minimum atomic E-state index is 0.194. The van der Waals surface area contributed by atoms with Gasteiger partial charge < -0.3 is 9.84 Å². The van der Waals surface area contributed by atoms with Crippen LogP contribution in [0, 0.1) is 5.41 Å². The van der Waals surface area contributed by atoms with Gasteiger partial charge >= 0.3 is 0 Å². The van der Waals surface area contributed by atoms with Crippen LogP contribution in [0.5, 0.6) is 5.75 Å². The predicted octanol–water partition coefficient (Wildman–Crippen LogP) is 1.25. The summed E-state index contributed by atoms with van der Waals surface area (Å²) in [5, 5.41) is 16.4. The highest BCUT2D eigenvalue weighted by Crippen LogP contribution is 2.23. The van der Waals surface area contributed by atoms with Gasteiger partial charge in [0, 0.05) is 11.1 Å². The minimum absolute atomic E-state index is 0.194. The van der Waals surface area contributed by atoms with Crippen molar-refractivity contribution in [3.63, 3.8) is 0 Å². The highest BCUT2D eigenvalue weighted by Gasteiger charge is 2.17. The first kappa shape index (κ1) is 6.22. The van der Waals surface area contributed by atoms with E-state index in [9.17, 15) is 0 Å². The average molecular weight is 149 g/mol. The first-order chi connectivity index (χ1) is 5.27. The van der Waals surface area contributed by atoms with E-state index < -0.39 is 0 Å². The summed E-state index contributed by atoms with van der Waals surface area (Å²) in [6.07, 6.45) is 0. The lowest BCUT2D eigenvalue weighted by atomic mass is 10.1. The average Bonchev–Trinajstić information content (AvgIpc) is 2.32. The van der Waals surface area contributed by atoms with E-state index >= 15 is 0 Å². The molecule has 0 atom stereocenters. The van der Waals surface area contributed by atoms with Crippen LogP contribution in [0.1, 0.15) is 11.1 Å². The Morgan fingerprint density at radius 2 is 2.27 bits per heavy atom. The third kappa shape index (κ3) is 0.852. The number of aromatic hydroxyl groups is 1. The Balaban J connectivity index is 2.59. The van der Waals surface area contributed by atoms with Gasteiger partial charge in [-0.25, -0.2) is 0 Å². The molecular weight excluding hydrogens is 142 g/mol. The van der Waals surface area contributed by atoms with Gasteiger partial charge in [-0.2, -0.15) is 0 Å². The van der Waals surface area contributed by atoms with Crippen LogP contribution in [0.3, 0.4) is 0 Å². The molecule has 0 aliphatic carbocycles. The molecule has 1 heterocycles. The van der Waals surface area contributed by atoms with Crippen LogP contribution in [0.15, 0.2) is 18.2 Å². The van der Waals surface area contributed by atoms with Gasteiger partial charge in [0.25, 0.3) is 0 Å². The second-order valence-corrected chi connectivity index (χ2v) is 2.46. The number of fused-ring (bicyclic) bond motifs is 1. The molecule has 3 heteroatoms. The second kappa shape index (κ2) is 1.99. The van der Waals surface area contributed by atoms with Gasteiger partial charge in [-0.05, 0) is 18.2 Å². The van der Waals surface area contributed by atoms with Crippen molar-refractivity contribution in [1.82, 2.24) is 0 Å². The molecule has 0 amide bonds. The fourth-order valence-corrected chi connectivity index (χ4v) is 1.15. The van der Waals surface area contributed by atoms with E-state index in [4.69, 9.17) is 15.3 Å². The van der Waals surface area contributed by atoms with Crippen LogP contribution >= 0.6 is 0 Å². The van der Waals surface area contributed by atoms with E-state index in [0.717, 1.165) is 11.1 Å². The quantitative estimate of drug-likeness (QED) is 0.583. The van der Waals surface area contributed by atoms with Crippen molar-refractivity contribution in [3.8, 4) is 5.75 Å². The molecule has 0 spiro atoms. The molecule has 56 valence electrons. The van der Waals surface area contributed by atoms with Crippen LogP contribution in [0.4, 0.5) is 0 Å². The summed E-state index contributed by atoms with van der Waals surface area (Å²) in [6, 6.07) is 4.87. The molecule has 1 aliphatic rings. The van der Waals surface area contributed by atoms with Gasteiger partial charge in [0.1, 0.15) is 12.4 Å². The maximum absolute atomic E-state index is 9.06.